The van der Waals surface area contributed by atoms with E-state index in [4.69, 9.17) is 9.79 Å². The van der Waals surface area contributed by atoms with Gasteiger partial charge in [0.15, 0.2) is 0 Å². The highest BCUT2D eigenvalue weighted by molar-refractivity contribution is 7.51. The van der Waals surface area contributed by atoms with Crippen molar-refractivity contribution in [3.63, 3.8) is 0 Å². The zero-order valence-corrected chi connectivity index (χ0v) is 12.2. The second kappa shape index (κ2) is 5.48. The zero-order valence-electron chi connectivity index (χ0n) is 11.3. The Hall–Kier alpha value is -1.89. The summed E-state index contributed by atoms with van der Waals surface area (Å²) < 4.78 is 10.9. The maximum Gasteiger partial charge on any atom is 0.344 e. The van der Waals surface area contributed by atoms with E-state index < -0.39 is 31.2 Å². The molecule has 0 aromatic heterocycles. The van der Waals surface area contributed by atoms with Gasteiger partial charge in [-0.3, -0.25) is 14.8 Å². The van der Waals surface area contributed by atoms with Gasteiger partial charge in [-0.05, 0) is 25.5 Å². The van der Waals surface area contributed by atoms with Crippen molar-refractivity contribution in [3.05, 3.63) is 30.3 Å². The summed E-state index contributed by atoms with van der Waals surface area (Å²) in [5.41, 5.74) is 1.89. The van der Waals surface area contributed by atoms with Gasteiger partial charge in [-0.25, -0.2) is 4.79 Å². The third-order valence-corrected chi connectivity index (χ3v) is 3.98. The van der Waals surface area contributed by atoms with Crippen LogP contribution >= 0.6 is 7.60 Å². The Balaban J connectivity index is 2.11. The van der Waals surface area contributed by atoms with E-state index in [-0.39, 0.29) is 6.42 Å². The highest BCUT2D eigenvalue weighted by Crippen LogP contribution is 2.38. The summed E-state index contributed by atoms with van der Waals surface area (Å²) in [4.78, 5) is 42.0. The SMILES string of the molecule is CC1(CCP(=O)(O)O)NC(=O)N(Nc2ccccc2)C1=O. The van der Waals surface area contributed by atoms with Gasteiger partial charge in [0.25, 0.3) is 5.91 Å². The number of anilines is 1. The molecule has 3 amide bonds. The second-order valence-electron chi connectivity index (χ2n) is 5.02. The molecule has 1 aliphatic heterocycles. The lowest BCUT2D eigenvalue weighted by Crippen LogP contribution is -2.45. The van der Waals surface area contributed by atoms with E-state index in [2.05, 4.69) is 10.7 Å². The average molecular weight is 313 g/mol. The number of rotatable bonds is 5. The van der Waals surface area contributed by atoms with E-state index in [1.165, 1.54) is 6.92 Å². The van der Waals surface area contributed by atoms with Gasteiger partial charge in [0, 0.05) is 0 Å². The quantitative estimate of drug-likeness (QED) is 0.473. The summed E-state index contributed by atoms with van der Waals surface area (Å²) in [6, 6.07) is 8.00. The van der Waals surface area contributed by atoms with E-state index in [1.807, 2.05) is 0 Å². The third-order valence-electron chi connectivity index (χ3n) is 3.18. The number of nitrogens with zero attached hydrogens (tertiary/aromatic N) is 1. The molecule has 0 radical (unpaired) electrons. The molecule has 1 aliphatic rings. The molecule has 2 rings (SSSR count). The number of hydrogen-bond acceptors (Lipinski definition) is 4. The van der Waals surface area contributed by atoms with Crippen molar-refractivity contribution in [2.75, 3.05) is 11.6 Å². The van der Waals surface area contributed by atoms with Crippen LogP contribution in [0.3, 0.4) is 0 Å². The summed E-state index contributed by atoms with van der Waals surface area (Å²) in [6.07, 6.45) is -0.622. The van der Waals surface area contributed by atoms with Crippen LogP contribution in [0.25, 0.3) is 0 Å². The molecule has 1 atom stereocenters. The van der Waals surface area contributed by atoms with Crippen molar-refractivity contribution >= 4 is 25.2 Å². The number of carbonyl (C=O) groups excluding carboxylic acids is 2. The topological polar surface area (TPSA) is 119 Å². The predicted molar refractivity (Wildman–Crippen MR) is 75.4 cm³/mol. The van der Waals surface area contributed by atoms with Crippen LogP contribution in [-0.4, -0.2) is 38.4 Å². The van der Waals surface area contributed by atoms with E-state index in [9.17, 15) is 14.2 Å². The molecule has 21 heavy (non-hydrogen) atoms. The van der Waals surface area contributed by atoms with Crippen molar-refractivity contribution in [1.82, 2.24) is 10.3 Å². The van der Waals surface area contributed by atoms with Gasteiger partial charge in [0.05, 0.1) is 11.8 Å². The first-order valence-electron chi connectivity index (χ1n) is 6.24. The van der Waals surface area contributed by atoms with Crippen molar-refractivity contribution in [1.29, 1.82) is 0 Å². The largest absolute Gasteiger partial charge is 0.344 e. The third kappa shape index (κ3) is 3.60. The molecule has 4 N–H and O–H groups in total. The number of para-hydroxylation sites is 1. The first-order chi connectivity index (χ1) is 9.71. The summed E-state index contributed by atoms with van der Waals surface area (Å²) in [5, 5.41) is 3.27. The summed E-state index contributed by atoms with van der Waals surface area (Å²) in [6.45, 7) is 1.44. The molecule has 114 valence electrons. The maximum absolute atomic E-state index is 12.3. The molecule has 8 nitrogen and oxygen atoms in total. The minimum atomic E-state index is -4.24. The average Bonchev–Trinajstić information content (AvgIpc) is 2.62. The molecular weight excluding hydrogens is 297 g/mol. The van der Waals surface area contributed by atoms with E-state index in [0.29, 0.717) is 5.69 Å². The van der Waals surface area contributed by atoms with E-state index >= 15 is 0 Å². The Morgan fingerprint density at radius 1 is 1.29 bits per heavy atom. The number of hydrogen-bond donors (Lipinski definition) is 4. The highest BCUT2D eigenvalue weighted by Gasteiger charge is 2.48. The van der Waals surface area contributed by atoms with Crippen LogP contribution in [0.15, 0.2) is 30.3 Å². The molecule has 0 saturated carbocycles. The minimum absolute atomic E-state index is 0.144. The predicted octanol–water partition coefficient (Wildman–Crippen LogP) is 0.892. The van der Waals surface area contributed by atoms with Crippen molar-refractivity contribution in [3.8, 4) is 0 Å². The van der Waals surface area contributed by atoms with Gasteiger partial charge in [-0.15, -0.1) is 0 Å². The van der Waals surface area contributed by atoms with Crippen LogP contribution in [0.5, 0.6) is 0 Å². The van der Waals surface area contributed by atoms with Gasteiger partial charge in [0.1, 0.15) is 5.54 Å². The Kier molecular flexibility index (Phi) is 4.04. The van der Waals surface area contributed by atoms with Gasteiger partial charge in [-0.2, -0.15) is 5.01 Å². The van der Waals surface area contributed by atoms with Crippen LogP contribution in [-0.2, 0) is 9.36 Å². The maximum atomic E-state index is 12.3. The number of carbonyl (C=O) groups is 2. The van der Waals surface area contributed by atoms with Crippen molar-refractivity contribution in [2.24, 2.45) is 0 Å². The molecule has 9 heteroatoms. The number of benzene rings is 1. The zero-order chi connectivity index (χ0) is 15.7. The number of imide groups is 1. The van der Waals surface area contributed by atoms with Crippen LogP contribution in [0.2, 0.25) is 0 Å². The molecule has 1 fully saturated rings. The van der Waals surface area contributed by atoms with Crippen molar-refractivity contribution in [2.45, 2.75) is 18.9 Å². The molecule has 1 aromatic carbocycles. The molecule has 1 saturated heterocycles. The highest BCUT2D eigenvalue weighted by atomic mass is 31.2. The Labute approximate surface area is 121 Å². The normalized spacial score (nSPS) is 22.3. The lowest BCUT2D eigenvalue weighted by Gasteiger charge is -2.22. The fourth-order valence-corrected chi connectivity index (χ4v) is 2.70. The van der Waals surface area contributed by atoms with Gasteiger partial charge >= 0.3 is 13.6 Å². The fourth-order valence-electron chi connectivity index (χ4n) is 1.97. The van der Waals surface area contributed by atoms with Crippen LogP contribution < -0.4 is 10.7 Å². The molecule has 0 aliphatic carbocycles. The number of urea groups is 1. The number of amides is 3. The van der Waals surface area contributed by atoms with Crippen LogP contribution in [0.1, 0.15) is 13.3 Å². The molecule has 0 spiro atoms. The van der Waals surface area contributed by atoms with Gasteiger partial charge < -0.3 is 15.1 Å². The van der Waals surface area contributed by atoms with Gasteiger partial charge in [-0.1, -0.05) is 18.2 Å². The minimum Gasteiger partial charge on any atom is -0.324 e. The standard InChI is InChI=1S/C12H16N3O5P/c1-12(7-8-21(18,19)20)10(16)15(11(17)13-12)14-9-5-3-2-4-6-9/h2-6,14H,7-8H2,1H3,(H,13,17)(H2,18,19,20). The fraction of sp³-hybridized carbons (Fsp3) is 0.333. The number of nitrogens with one attached hydrogen (secondary N) is 2. The van der Waals surface area contributed by atoms with Crippen molar-refractivity contribution < 1.29 is 23.9 Å². The lowest BCUT2D eigenvalue weighted by atomic mass is 10.00. The van der Waals surface area contributed by atoms with E-state index in [0.717, 1.165) is 5.01 Å². The Morgan fingerprint density at radius 2 is 1.90 bits per heavy atom. The molecule has 1 unspecified atom stereocenters. The van der Waals surface area contributed by atoms with Gasteiger partial charge in [0.2, 0.25) is 0 Å². The summed E-state index contributed by atoms with van der Waals surface area (Å²) in [7, 11) is -4.24. The first-order valence-corrected chi connectivity index (χ1v) is 8.04. The van der Waals surface area contributed by atoms with Crippen LogP contribution in [0, 0.1) is 0 Å². The Morgan fingerprint density at radius 3 is 2.48 bits per heavy atom. The van der Waals surface area contributed by atoms with E-state index in [1.54, 1.807) is 30.3 Å². The molecular formula is C12H16N3O5P. The molecule has 1 aromatic rings. The Bertz CT molecular complexity index is 602. The summed E-state index contributed by atoms with van der Waals surface area (Å²) >= 11 is 0. The number of hydrazine groups is 1. The first kappa shape index (κ1) is 15.5. The second-order valence-corrected chi connectivity index (χ2v) is 6.80. The molecule has 1 heterocycles. The smallest absolute Gasteiger partial charge is 0.324 e. The van der Waals surface area contributed by atoms with Crippen LogP contribution in [0.4, 0.5) is 10.5 Å². The monoisotopic (exact) mass is 313 g/mol. The molecule has 0 bridgehead atoms. The lowest BCUT2D eigenvalue weighted by molar-refractivity contribution is -0.129. The summed E-state index contributed by atoms with van der Waals surface area (Å²) in [5.74, 6) is -0.579.